The van der Waals surface area contributed by atoms with Crippen LogP contribution >= 0.6 is 34.8 Å². The average Bonchev–Trinajstić information content (AvgIpc) is 2.28. The van der Waals surface area contributed by atoms with Crippen LogP contribution in [0.3, 0.4) is 0 Å². The average molecular weight is 312 g/mol. The summed E-state index contributed by atoms with van der Waals surface area (Å²) in [5, 5.41) is 0. The van der Waals surface area contributed by atoms with Crippen LogP contribution in [0.2, 0.25) is 0 Å². The summed E-state index contributed by atoms with van der Waals surface area (Å²) in [7, 11) is 0. The van der Waals surface area contributed by atoms with E-state index in [1.54, 1.807) is 9.80 Å². The molecule has 0 saturated carbocycles. The number of thiocarbonyl (C=S) groups is 1. The van der Waals surface area contributed by atoms with Gasteiger partial charge in [-0.1, -0.05) is 34.8 Å². The van der Waals surface area contributed by atoms with Crippen LogP contribution in [0, 0.1) is 0 Å². The second-order valence-electron chi connectivity index (χ2n) is 3.25. The van der Waals surface area contributed by atoms with Crippen LogP contribution in [-0.4, -0.2) is 44.4 Å². The van der Waals surface area contributed by atoms with E-state index in [2.05, 4.69) is 22.6 Å². The third kappa shape index (κ3) is 2.31. The van der Waals surface area contributed by atoms with Gasteiger partial charge in [0.1, 0.15) is 4.99 Å². The fourth-order valence-corrected chi connectivity index (χ4v) is 2.38. The van der Waals surface area contributed by atoms with Gasteiger partial charge in [-0.25, -0.2) is 4.79 Å². The van der Waals surface area contributed by atoms with Crippen LogP contribution < -0.4 is 0 Å². The molecule has 0 spiro atoms. The molecule has 74 valence electrons. The molecule has 0 aromatic heterocycles. The lowest BCUT2D eigenvalue weighted by Crippen LogP contribution is -2.38. The number of hydrogen-bond acceptors (Lipinski definition) is 2. The summed E-state index contributed by atoms with van der Waals surface area (Å²) in [6.07, 6.45) is 0. The van der Waals surface area contributed by atoms with Crippen molar-refractivity contribution in [3.05, 3.63) is 0 Å². The fraction of sp³-hybridized carbons (Fsp3) is 0.750. The first-order valence-electron chi connectivity index (χ1n) is 4.25. The molecule has 1 fully saturated rings. The van der Waals surface area contributed by atoms with E-state index in [4.69, 9.17) is 12.2 Å². The van der Waals surface area contributed by atoms with E-state index in [1.165, 1.54) is 0 Å². The second kappa shape index (κ2) is 4.54. The van der Waals surface area contributed by atoms with Crippen LogP contribution in [-0.2, 0) is 0 Å². The zero-order chi connectivity index (χ0) is 10.0. The van der Waals surface area contributed by atoms with Gasteiger partial charge in [-0.2, -0.15) is 0 Å². The third-order valence-electron chi connectivity index (χ3n) is 1.94. The largest absolute Gasteiger partial charge is 0.325 e. The van der Waals surface area contributed by atoms with Crippen molar-refractivity contribution in [3.8, 4) is 0 Å². The number of carbonyl (C=O) groups excluding carboxylic acids is 1. The minimum atomic E-state index is 0.0664. The van der Waals surface area contributed by atoms with Crippen molar-refractivity contribution >= 4 is 45.8 Å². The number of carbonyl (C=O) groups is 1. The molecule has 1 rings (SSSR count). The molecule has 5 heteroatoms. The standard InChI is InChI=1S/C8H13IN2OS/c1-6(2)11-7(13)5-10(4-3-9)8(11)12/h6H,3-5H2,1-2H3. The van der Waals surface area contributed by atoms with Crippen molar-refractivity contribution in [2.75, 3.05) is 17.5 Å². The number of alkyl halides is 1. The summed E-state index contributed by atoms with van der Waals surface area (Å²) in [5.74, 6) is 0. The van der Waals surface area contributed by atoms with Gasteiger partial charge in [0, 0.05) is 17.0 Å². The van der Waals surface area contributed by atoms with E-state index in [1.807, 2.05) is 13.8 Å². The highest BCUT2D eigenvalue weighted by atomic mass is 127. The maximum absolute atomic E-state index is 11.7. The molecule has 0 N–H and O–H groups in total. The van der Waals surface area contributed by atoms with Gasteiger partial charge in [0.2, 0.25) is 0 Å². The molecule has 0 aromatic carbocycles. The van der Waals surface area contributed by atoms with Gasteiger partial charge >= 0.3 is 6.03 Å². The lowest BCUT2D eigenvalue weighted by atomic mass is 10.3. The van der Waals surface area contributed by atoms with Crippen LogP contribution in [0.25, 0.3) is 0 Å². The van der Waals surface area contributed by atoms with Gasteiger partial charge in [-0.15, -0.1) is 0 Å². The summed E-state index contributed by atoms with van der Waals surface area (Å²) >= 11 is 7.41. The van der Waals surface area contributed by atoms with Crippen molar-refractivity contribution < 1.29 is 4.79 Å². The highest BCUT2D eigenvalue weighted by molar-refractivity contribution is 14.1. The quantitative estimate of drug-likeness (QED) is 0.451. The van der Waals surface area contributed by atoms with Gasteiger partial charge in [0.25, 0.3) is 0 Å². The van der Waals surface area contributed by atoms with E-state index in [0.29, 0.717) is 6.54 Å². The molecule has 1 aliphatic rings. The van der Waals surface area contributed by atoms with Gasteiger partial charge in [-0.05, 0) is 13.8 Å². The molecule has 3 nitrogen and oxygen atoms in total. The molecule has 0 bridgehead atoms. The minimum absolute atomic E-state index is 0.0664. The Hall–Kier alpha value is 0.0900. The van der Waals surface area contributed by atoms with Gasteiger partial charge < -0.3 is 4.90 Å². The van der Waals surface area contributed by atoms with E-state index in [9.17, 15) is 4.79 Å². The predicted octanol–water partition coefficient (Wildman–Crippen LogP) is 1.89. The summed E-state index contributed by atoms with van der Waals surface area (Å²) < 4.78 is 0.956. The summed E-state index contributed by atoms with van der Waals surface area (Å²) in [4.78, 5) is 16.0. The maximum Gasteiger partial charge on any atom is 0.325 e. The maximum atomic E-state index is 11.7. The Kier molecular flexibility index (Phi) is 3.90. The minimum Gasteiger partial charge on any atom is -0.317 e. The molecule has 0 aliphatic carbocycles. The van der Waals surface area contributed by atoms with E-state index in [0.717, 1.165) is 16.0 Å². The highest BCUT2D eigenvalue weighted by Gasteiger charge is 2.33. The molecule has 1 heterocycles. The molecule has 0 atom stereocenters. The van der Waals surface area contributed by atoms with Gasteiger partial charge in [0.05, 0.1) is 6.54 Å². The van der Waals surface area contributed by atoms with E-state index in [-0.39, 0.29) is 12.1 Å². The first-order valence-corrected chi connectivity index (χ1v) is 6.18. The Balaban J connectivity index is 2.70. The van der Waals surface area contributed by atoms with Crippen molar-refractivity contribution in [1.29, 1.82) is 0 Å². The van der Waals surface area contributed by atoms with Crippen LogP contribution in [0.15, 0.2) is 0 Å². The second-order valence-corrected chi connectivity index (χ2v) is 4.80. The van der Waals surface area contributed by atoms with Gasteiger partial charge in [-0.3, -0.25) is 4.90 Å². The Bertz CT molecular complexity index is 232. The van der Waals surface area contributed by atoms with Gasteiger partial charge in [0.15, 0.2) is 0 Å². The molecule has 0 unspecified atom stereocenters. The zero-order valence-electron chi connectivity index (χ0n) is 7.79. The number of urea groups is 1. The molecule has 13 heavy (non-hydrogen) atoms. The monoisotopic (exact) mass is 312 g/mol. The Labute approximate surface area is 97.6 Å². The van der Waals surface area contributed by atoms with Crippen molar-refractivity contribution in [2.45, 2.75) is 19.9 Å². The Morgan fingerprint density at radius 3 is 2.62 bits per heavy atom. The molecular formula is C8H13IN2OS. The summed E-state index contributed by atoms with van der Waals surface area (Å²) in [5.41, 5.74) is 0. The number of rotatable bonds is 3. The molecule has 1 saturated heterocycles. The predicted molar refractivity (Wildman–Crippen MR) is 65.4 cm³/mol. The number of amides is 2. The SMILES string of the molecule is CC(C)N1C(=O)N(CCI)CC1=S. The zero-order valence-corrected chi connectivity index (χ0v) is 10.8. The lowest BCUT2D eigenvalue weighted by Gasteiger charge is -2.20. The number of nitrogens with zero attached hydrogens (tertiary/aromatic N) is 2. The van der Waals surface area contributed by atoms with Crippen LogP contribution in [0.4, 0.5) is 4.79 Å². The van der Waals surface area contributed by atoms with E-state index >= 15 is 0 Å². The topological polar surface area (TPSA) is 23.6 Å². The van der Waals surface area contributed by atoms with Crippen LogP contribution in [0.1, 0.15) is 13.8 Å². The number of halogens is 1. The molecule has 2 amide bonds. The molecule has 0 aromatic rings. The Morgan fingerprint density at radius 1 is 1.62 bits per heavy atom. The smallest absolute Gasteiger partial charge is 0.317 e. The molecule has 0 radical (unpaired) electrons. The van der Waals surface area contributed by atoms with Crippen LogP contribution in [0.5, 0.6) is 0 Å². The first kappa shape index (κ1) is 11.2. The summed E-state index contributed by atoms with van der Waals surface area (Å²) in [6, 6.07) is 0.246. The Morgan fingerprint density at radius 2 is 2.23 bits per heavy atom. The first-order chi connectivity index (χ1) is 6.07. The third-order valence-corrected chi connectivity index (χ3v) is 2.75. The fourth-order valence-electron chi connectivity index (χ4n) is 1.35. The van der Waals surface area contributed by atoms with Crippen molar-refractivity contribution in [1.82, 2.24) is 9.80 Å². The lowest BCUT2D eigenvalue weighted by molar-refractivity contribution is 0.193. The normalized spacial score (nSPS) is 17.8. The molecule has 1 aliphatic heterocycles. The van der Waals surface area contributed by atoms with Crippen molar-refractivity contribution in [3.63, 3.8) is 0 Å². The summed E-state index contributed by atoms with van der Waals surface area (Å²) in [6.45, 7) is 5.38. The highest BCUT2D eigenvalue weighted by Crippen LogP contribution is 2.14. The van der Waals surface area contributed by atoms with Crippen molar-refractivity contribution in [2.24, 2.45) is 0 Å². The molecular weight excluding hydrogens is 299 g/mol. The number of hydrogen-bond donors (Lipinski definition) is 0. The van der Waals surface area contributed by atoms with E-state index < -0.39 is 0 Å².